The summed E-state index contributed by atoms with van der Waals surface area (Å²) >= 11 is 6.02. The van der Waals surface area contributed by atoms with Crippen molar-refractivity contribution in [3.8, 4) is 5.75 Å². The Kier molecular flexibility index (Phi) is 9.50. The second-order valence-corrected chi connectivity index (χ2v) is 10.7. The molecule has 1 unspecified atom stereocenters. The maximum absolute atomic E-state index is 15.2. The fourth-order valence-electron chi connectivity index (χ4n) is 3.47. The molecule has 1 aromatic carbocycles. The minimum absolute atomic E-state index is 0.0943. The molecule has 38 heavy (non-hydrogen) atoms. The topological polar surface area (TPSA) is 164 Å². The number of alkyl halides is 2. The van der Waals surface area contributed by atoms with Crippen molar-refractivity contribution in [2.24, 2.45) is 0 Å². The predicted molar refractivity (Wildman–Crippen MR) is 132 cm³/mol. The number of ether oxygens (including phenoxy) is 2. The van der Waals surface area contributed by atoms with Crippen molar-refractivity contribution in [1.82, 2.24) is 14.6 Å². The lowest BCUT2D eigenvalue weighted by Crippen LogP contribution is -2.48. The van der Waals surface area contributed by atoms with Gasteiger partial charge in [-0.2, -0.15) is 10.1 Å². The number of halogens is 3. The first-order valence-electron chi connectivity index (χ1n) is 11.4. The van der Waals surface area contributed by atoms with Crippen molar-refractivity contribution in [1.29, 1.82) is 0 Å². The molecule has 1 saturated heterocycles. The highest BCUT2D eigenvalue weighted by molar-refractivity contribution is 7.52. The fourth-order valence-corrected chi connectivity index (χ4v) is 5.31. The Labute approximate surface area is 221 Å². The molecule has 1 aliphatic heterocycles. The van der Waals surface area contributed by atoms with Crippen LogP contribution in [-0.4, -0.2) is 63.1 Å². The summed E-state index contributed by atoms with van der Waals surface area (Å²) in [4.78, 5) is 27.8. The van der Waals surface area contributed by atoms with Gasteiger partial charge in [-0.25, -0.2) is 18.1 Å². The molecule has 2 aromatic rings. The summed E-state index contributed by atoms with van der Waals surface area (Å²) in [6.07, 6.45) is -6.08. The number of nitrogens with one attached hydrogen (secondary N) is 1. The number of aliphatic hydroxyl groups is 1. The van der Waals surface area contributed by atoms with Gasteiger partial charge in [0.15, 0.2) is 24.0 Å². The third kappa shape index (κ3) is 6.68. The standard InChI is InChI=1S/C22H28ClF2N4O8P/c1-12(2)35-20(31)13(3)28-38(33,37-14-7-5-4-6-8-14)34-11-22(10-23)17(30)16(25)19(36-22)29-9-15(24)18(26)27-21(29)32/h4-9,12-13,16-17,19,30H,10-11H2,1-3H3,(H,28,33)(H2,26,27,32)/t13-,16-,17-,19+,22+,38?/m0/s1. The number of hydrogen-bond acceptors (Lipinski definition) is 10. The molecule has 0 bridgehead atoms. The third-order valence-electron chi connectivity index (χ3n) is 5.41. The predicted octanol–water partition coefficient (Wildman–Crippen LogP) is 2.30. The van der Waals surface area contributed by atoms with Crippen LogP contribution in [0.1, 0.15) is 27.0 Å². The van der Waals surface area contributed by atoms with Gasteiger partial charge in [-0.1, -0.05) is 18.2 Å². The molecule has 4 N–H and O–H groups in total. The van der Waals surface area contributed by atoms with Gasteiger partial charge in [-0.3, -0.25) is 13.9 Å². The van der Waals surface area contributed by atoms with Gasteiger partial charge in [0.05, 0.1) is 24.8 Å². The van der Waals surface area contributed by atoms with Crippen molar-refractivity contribution in [2.75, 3.05) is 18.2 Å². The molecule has 16 heteroatoms. The zero-order valence-corrected chi connectivity index (χ0v) is 22.3. The molecule has 12 nitrogen and oxygen atoms in total. The van der Waals surface area contributed by atoms with Gasteiger partial charge in [0.25, 0.3) is 0 Å². The number of carbonyl (C=O) groups is 1. The number of para-hydroxylation sites is 1. The average molecular weight is 581 g/mol. The molecule has 0 saturated carbocycles. The molecule has 0 radical (unpaired) electrons. The Morgan fingerprint density at radius 1 is 1.37 bits per heavy atom. The number of nitrogen functional groups attached to an aromatic ring is 1. The van der Waals surface area contributed by atoms with Crippen LogP contribution in [0.25, 0.3) is 0 Å². The maximum atomic E-state index is 15.2. The number of aliphatic hydroxyl groups excluding tert-OH is 1. The van der Waals surface area contributed by atoms with Gasteiger partial charge in [-0.15, -0.1) is 11.6 Å². The molecule has 0 spiro atoms. The van der Waals surface area contributed by atoms with E-state index in [9.17, 15) is 23.7 Å². The number of benzene rings is 1. The summed E-state index contributed by atoms with van der Waals surface area (Å²) in [6, 6.07) is 6.62. The molecule has 1 fully saturated rings. The van der Waals surface area contributed by atoms with Crippen molar-refractivity contribution < 1.29 is 41.8 Å². The van der Waals surface area contributed by atoms with E-state index in [0.29, 0.717) is 10.8 Å². The van der Waals surface area contributed by atoms with Crippen LogP contribution in [0, 0.1) is 5.82 Å². The number of nitrogens with two attached hydrogens (primary N) is 1. The molecular formula is C22H28ClF2N4O8P. The third-order valence-corrected chi connectivity index (χ3v) is 7.48. The number of esters is 1. The summed E-state index contributed by atoms with van der Waals surface area (Å²) in [5, 5.41) is 13.1. The second-order valence-electron chi connectivity index (χ2n) is 8.77. The van der Waals surface area contributed by atoms with Crippen LogP contribution < -0.4 is 21.0 Å². The van der Waals surface area contributed by atoms with E-state index < -0.39 is 79.8 Å². The smallest absolute Gasteiger partial charge is 0.459 e. The molecule has 0 aliphatic carbocycles. The van der Waals surface area contributed by atoms with E-state index in [0.717, 1.165) is 0 Å². The van der Waals surface area contributed by atoms with Crippen LogP contribution in [0.15, 0.2) is 41.3 Å². The molecule has 210 valence electrons. The van der Waals surface area contributed by atoms with Gasteiger partial charge >= 0.3 is 19.4 Å². The van der Waals surface area contributed by atoms with Crippen molar-refractivity contribution in [3.05, 3.63) is 52.8 Å². The molecule has 0 amide bonds. The van der Waals surface area contributed by atoms with E-state index in [1.807, 2.05) is 0 Å². The quantitative estimate of drug-likeness (QED) is 0.203. The van der Waals surface area contributed by atoms with Crippen LogP contribution in [0.5, 0.6) is 5.75 Å². The lowest BCUT2D eigenvalue weighted by Gasteiger charge is -2.31. The van der Waals surface area contributed by atoms with Crippen LogP contribution >= 0.6 is 19.3 Å². The Morgan fingerprint density at radius 2 is 2.03 bits per heavy atom. The van der Waals surface area contributed by atoms with Crippen LogP contribution in [0.3, 0.4) is 0 Å². The number of aromatic nitrogens is 2. The number of nitrogens with zero attached hydrogens (tertiary/aromatic N) is 2. The van der Waals surface area contributed by atoms with Gasteiger partial charge in [0.2, 0.25) is 0 Å². The fraction of sp³-hybridized carbons (Fsp3) is 0.500. The zero-order chi connectivity index (χ0) is 28.3. The minimum Gasteiger partial charge on any atom is -0.462 e. The van der Waals surface area contributed by atoms with Gasteiger partial charge in [0, 0.05) is 0 Å². The van der Waals surface area contributed by atoms with Gasteiger partial charge < -0.3 is 24.8 Å². The molecule has 6 atom stereocenters. The highest BCUT2D eigenvalue weighted by atomic mass is 35.5. The Morgan fingerprint density at radius 3 is 2.63 bits per heavy atom. The minimum atomic E-state index is -4.45. The lowest BCUT2D eigenvalue weighted by molar-refractivity contribution is -0.149. The van der Waals surface area contributed by atoms with E-state index in [2.05, 4.69) is 10.1 Å². The first-order valence-corrected chi connectivity index (χ1v) is 13.5. The number of carbonyl (C=O) groups excluding carboxylic acids is 1. The second kappa shape index (κ2) is 12.1. The largest absolute Gasteiger partial charge is 0.462 e. The molecule has 3 rings (SSSR count). The number of rotatable bonds is 11. The highest BCUT2D eigenvalue weighted by Crippen LogP contribution is 2.48. The van der Waals surface area contributed by atoms with Crippen molar-refractivity contribution >= 4 is 31.1 Å². The van der Waals surface area contributed by atoms with E-state index in [1.54, 1.807) is 32.0 Å². The monoisotopic (exact) mass is 580 g/mol. The first kappa shape index (κ1) is 29.9. The maximum Gasteiger partial charge on any atom is 0.459 e. The van der Waals surface area contributed by atoms with Gasteiger partial charge in [0.1, 0.15) is 23.5 Å². The van der Waals surface area contributed by atoms with E-state index in [4.69, 9.17) is 35.9 Å². The molecular weight excluding hydrogens is 553 g/mol. The average Bonchev–Trinajstić information content (AvgIpc) is 3.11. The normalized spacial score (nSPS) is 25.6. The van der Waals surface area contributed by atoms with E-state index >= 15 is 4.39 Å². The van der Waals surface area contributed by atoms with E-state index in [1.165, 1.54) is 19.1 Å². The lowest BCUT2D eigenvalue weighted by atomic mass is 9.99. The highest BCUT2D eigenvalue weighted by Gasteiger charge is 2.57. The Bertz CT molecular complexity index is 1240. The number of anilines is 1. The van der Waals surface area contributed by atoms with Gasteiger partial charge in [-0.05, 0) is 32.9 Å². The van der Waals surface area contributed by atoms with Crippen LogP contribution in [0.4, 0.5) is 14.6 Å². The zero-order valence-electron chi connectivity index (χ0n) is 20.6. The van der Waals surface area contributed by atoms with Crippen molar-refractivity contribution in [3.63, 3.8) is 0 Å². The Hall–Kier alpha value is -2.61. The summed E-state index contributed by atoms with van der Waals surface area (Å²) in [5.74, 6) is -3.10. The summed E-state index contributed by atoms with van der Waals surface area (Å²) in [6.45, 7) is 3.77. The molecule has 1 aliphatic rings. The SMILES string of the molecule is CC(C)OC(=O)[C@H](C)NP(=O)(OC[C@@]1(CCl)O[C@@H](n2cc(F)c(N)nc2=O)[C@@H](F)[C@@H]1O)Oc1ccccc1. The summed E-state index contributed by atoms with van der Waals surface area (Å²) in [5.41, 5.74) is 2.04. The van der Waals surface area contributed by atoms with Crippen LogP contribution in [-0.2, 0) is 23.4 Å². The van der Waals surface area contributed by atoms with Crippen LogP contribution in [0.2, 0.25) is 0 Å². The summed E-state index contributed by atoms with van der Waals surface area (Å²) in [7, 11) is -4.45. The number of hydrogen-bond donors (Lipinski definition) is 3. The first-order chi connectivity index (χ1) is 17.8. The summed E-state index contributed by atoms with van der Waals surface area (Å²) < 4.78 is 65.0. The Balaban J connectivity index is 1.87. The van der Waals surface area contributed by atoms with E-state index in [-0.39, 0.29) is 5.75 Å². The molecule has 2 heterocycles. The molecule has 1 aromatic heterocycles. The van der Waals surface area contributed by atoms with Crippen molar-refractivity contribution in [2.45, 2.75) is 57.0 Å².